The number of nitrogens with one attached hydrogen (secondary N) is 1. The molecule has 1 amide bonds. The van der Waals surface area contributed by atoms with Crippen LogP contribution in [-0.4, -0.2) is 15.7 Å². The van der Waals surface area contributed by atoms with Crippen LogP contribution in [0.1, 0.15) is 11.1 Å². The van der Waals surface area contributed by atoms with Crippen molar-refractivity contribution in [3.8, 4) is 23.0 Å². The first-order chi connectivity index (χ1) is 16.7. The van der Waals surface area contributed by atoms with E-state index in [2.05, 4.69) is 10.4 Å². The highest BCUT2D eigenvalue weighted by Crippen LogP contribution is 2.31. The van der Waals surface area contributed by atoms with Crippen molar-refractivity contribution in [2.24, 2.45) is 0 Å². The van der Waals surface area contributed by atoms with Gasteiger partial charge in [0, 0.05) is 28.0 Å². The van der Waals surface area contributed by atoms with E-state index in [0.717, 1.165) is 17.8 Å². The summed E-state index contributed by atoms with van der Waals surface area (Å²) in [6.45, 7) is 0. The van der Waals surface area contributed by atoms with E-state index in [4.69, 9.17) is 11.6 Å². The van der Waals surface area contributed by atoms with Crippen molar-refractivity contribution < 1.29 is 18.0 Å². The van der Waals surface area contributed by atoms with E-state index >= 15 is 0 Å². The summed E-state index contributed by atoms with van der Waals surface area (Å²) < 4.78 is 40.6. The zero-order chi connectivity index (χ0) is 25.0. The molecule has 35 heavy (non-hydrogen) atoms. The molecule has 4 rings (SSSR count). The van der Waals surface area contributed by atoms with Crippen LogP contribution >= 0.6 is 11.6 Å². The predicted octanol–water partition coefficient (Wildman–Crippen LogP) is 6.76. The van der Waals surface area contributed by atoms with Crippen molar-refractivity contribution in [2.75, 3.05) is 5.32 Å². The van der Waals surface area contributed by atoms with E-state index < -0.39 is 17.6 Å². The molecule has 1 N–H and O–H groups in total. The van der Waals surface area contributed by atoms with Gasteiger partial charge in [-0.1, -0.05) is 48.0 Å². The van der Waals surface area contributed by atoms with Crippen LogP contribution in [0.2, 0.25) is 5.02 Å². The summed E-state index contributed by atoms with van der Waals surface area (Å²) >= 11 is 6.00. The van der Waals surface area contributed by atoms with Crippen LogP contribution in [0.3, 0.4) is 0 Å². The lowest BCUT2D eigenvalue weighted by Crippen LogP contribution is -2.14. The highest BCUT2D eigenvalue weighted by atomic mass is 35.5. The Bertz CT molecular complexity index is 1440. The number of nitrogens with zero attached hydrogens (tertiary/aromatic N) is 3. The molecule has 0 spiro atoms. The molecule has 0 bridgehead atoms. The molecule has 0 unspecified atom stereocenters. The first-order valence-corrected chi connectivity index (χ1v) is 10.6. The van der Waals surface area contributed by atoms with Crippen LogP contribution in [0.5, 0.6) is 0 Å². The van der Waals surface area contributed by atoms with Gasteiger partial charge in [0.1, 0.15) is 11.6 Å². The summed E-state index contributed by atoms with van der Waals surface area (Å²) in [7, 11) is 0. The standard InChI is InChI=1S/C26H16ClF3N4O/c27-21-11-9-17(10-12-21)24-19(16-34(33-24)23-7-2-1-3-8-23)13-18(15-31)25(35)32-22-6-4-5-20(14-22)26(28,29)30/h1-14,16H,(H,32,35)/b18-13+. The number of benzene rings is 3. The summed E-state index contributed by atoms with van der Waals surface area (Å²) in [5.41, 5.74) is 1.12. The van der Waals surface area contributed by atoms with Crippen LogP contribution in [0.25, 0.3) is 23.0 Å². The third-order valence-corrected chi connectivity index (χ3v) is 5.25. The van der Waals surface area contributed by atoms with E-state index in [9.17, 15) is 23.2 Å². The predicted molar refractivity (Wildman–Crippen MR) is 128 cm³/mol. The van der Waals surface area contributed by atoms with Gasteiger partial charge in [0.25, 0.3) is 5.91 Å². The van der Waals surface area contributed by atoms with Crippen LogP contribution in [0.4, 0.5) is 18.9 Å². The number of halogens is 4. The van der Waals surface area contributed by atoms with E-state index in [1.807, 2.05) is 36.4 Å². The minimum atomic E-state index is -4.56. The van der Waals surface area contributed by atoms with Crippen molar-refractivity contribution >= 4 is 29.3 Å². The largest absolute Gasteiger partial charge is 0.416 e. The Morgan fingerprint density at radius 1 is 1.03 bits per heavy atom. The topological polar surface area (TPSA) is 70.7 Å². The van der Waals surface area contributed by atoms with E-state index in [1.54, 1.807) is 35.1 Å². The number of carbonyl (C=O) groups excluding carboxylic acids is 1. The molecule has 0 saturated carbocycles. The number of carbonyl (C=O) groups is 1. The van der Waals surface area contributed by atoms with Crippen LogP contribution in [0.15, 0.2) is 90.6 Å². The molecule has 174 valence electrons. The van der Waals surface area contributed by atoms with Gasteiger partial charge in [0.15, 0.2) is 0 Å². The number of alkyl halides is 3. The zero-order valence-corrected chi connectivity index (χ0v) is 18.7. The third kappa shape index (κ3) is 5.60. The van der Waals surface area contributed by atoms with Gasteiger partial charge in [-0.25, -0.2) is 4.68 Å². The summed E-state index contributed by atoms with van der Waals surface area (Å²) in [4.78, 5) is 12.8. The fourth-order valence-electron chi connectivity index (χ4n) is 3.31. The molecule has 9 heteroatoms. The molecular formula is C26H16ClF3N4O. The Morgan fingerprint density at radius 2 is 1.74 bits per heavy atom. The van der Waals surface area contributed by atoms with Gasteiger partial charge in [-0.2, -0.15) is 23.5 Å². The number of nitriles is 1. The lowest BCUT2D eigenvalue weighted by molar-refractivity contribution is -0.137. The van der Waals surface area contributed by atoms with Gasteiger partial charge in [-0.05, 0) is 48.5 Å². The fourth-order valence-corrected chi connectivity index (χ4v) is 3.44. The Balaban J connectivity index is 1.72. The number of para-hydroxylation sites is 1. The molecule has 0 aliphatic carbocycles. The maximum absolute atomic E-state index is 13.0. The second-order valence-corrected chi connectivity index (χ2v) is 7.86. The Kier molecular flexibility index (Phi) is 6.71. The number of hydrogen-bond donors (Lipinski definition) is 1. The van der Waals surface area contributed by atoms with Gasteiger partial charge in [0.2, 0.25) is 0 Å². The quantitative estimate of drug-likeness (QED) is 0.247. The van der Waals surface area contributed by atoms with Crippen molar-refractivity contribution in [3.05, 3.63) is 107 Å². The second-order valence-electron chi connectivity index (χ2n) is 7.42. The molecule has 1 heterocycles. The highest BCUT2D eigenvalue weighted by Gasteiger charge is 2.30. The fraction of sp³-hybridized carbons (Fsp3) is 0.0385. The van der Waals surface area contributed by atoms with E-state index in [0.29, 0.717) is 21.8 Å². The SMILES string of the molecule is N#C/C(=C\c1cn(-c2ccccc2)nc1-c1ccc(Cl)cc1)C(=O)Nc1cccc(C(F)(F)F)c1. The minimum Gasteiger partial charge on any atom is -0.321 e. The van der Waals surface area contributed by atoms with Crippen molar-refractivity contribution in [2.45, 2.75) is 6.18 Å². The van der Waals surface area contributed by atoms with E-state index in [1.165, 1.54) is 18.2 Å². The smallest absolute Gasteiger partial charge is 0.321 e. The normalized spacial score (nSPS) is 11.7. The molecule has 3 aromatic carbocycles. The first kappa shape index (κ1) is 23.8. The third-order valence-electron chi connectivity index (χ3n) is 4.99. The molecule has 0 atom stereocenters. The van der Waals surface area contributed by atoms with Gasteiger partial charge < -0.3 is 5.32 Å². The van der Waals surface area contributed by atoms with Crippen LogP contribution in [0, 0.1) is 11.3 Å². The monoisotopic (exact) mass is 492 g/mol. The second kappa shape index (κ2) is 9.87. The first-order valence-electron chi connectivity index (χ1n) is 10.3. The Labute approximate surface area is 203 Å². The molecule has 0 radical (unpaired) electrons. The average molecular weight is 493 g/mol. The number of amides is 1. The summed E-state index contributed by atoms with van der Waals surface area (Å²) in [6.07, 6.45) is -1.55. The highest BCUT2D eigenvalue weighted by molar-refractivity contribution is 6.30. The molecule has 1 aromatic heterocycles. The van der Waals surface area contributed by atoms with Crippen molar-refractivity contribution in [3.63, 3.8) is 0 Å². The van der Waals surface area contributed by atoms with Crippen molar-refractivity contribution in [1.82, 2.24) is 9.78 Å². The van der Waals surface area contributed by atoms with Crippen molar-refractivity contribution in [1.29, 1.82) is 5.26 Å². The maximum Gasteiger partial charge on any atom is 0.416 e. The van der Waals surface area contributed by atoms with Crippen LogP contribution < -0.4 is 5.32 Å². The Hall–Kier alpha value is -4.35. The number of rotatable bonds is 5. The Morgan fingerprint density at radius 3 is 2.40 bits per heavy atom. The molecule has 0 aliphatic heterocycles. The van der Waals surface area contributed by atoms with Gasteiger partial charge in [0.05, 0.1) is 16.9 Å². The number of anilines is 1. The molecule has 4 aromatic rings. The number of aromatic nitrogens is 2. The van der Waals surface area contributed by atoms with Gasteiger partial charge in [-0.3, -0.25) is 4.79 Å². The lowest BCUT2D eigenvalue weighted by Gasteiger charge is -2.09. The van der Waals surface area contributed by atoms with Crippen LogP contribution in [-0.2, 0) is 11.0 Å². The lowest BCUT2D eigenvalue weighted by atomic mass is 10.1. The molecule has 5 nitrogen and oxygen atoms in total. The number of hydrogen-bond acceptors (Lipinski definition) is 3. The van der Waals surface area contributed by atoms with E-state index in [-0.39, 0.29) is 11.3 Å². The molecule has 0 aliphatic rings. The van der Waals surface area contributed by atoms with Gasteiger partial charge >= 0.3 is 6.18 Å². The molecule has 0 saturated heterocycles. The summed E-state index contributed by atoms with van der Waals surface area (Å²) in [6, 6.07) is 22.2. The summed E-state index contributed by atoms with van der Waals surface area (Å²) in [5, 5.41) is 17.1. The average Bonchev–Trinajstić information content (AvgIpc) is 3.27. The zero-order valence-electron chi connectivity index (χ0n) is 17.9. The molecule has 0 fully saturated rings. The maximum atomic E-state index is 13.0. The summed E-state index contributed by atoms with van der Waals surface area (Å²) in [5.74, 6) is -0.846. The minimum absolute atomic E-state index is 0.0797. The molecular weight excluding hydrogens is 477 g/mol. The van der Waals surface area contributed by atoms with Gasteiger partial charge in [-0.15, -0.1) is 0 Å².